The van der Waals surface area contributed by atoms with E-state index in [0.717, 1.165) is 37.2 Å². The van der Waals surface area contributed by atoms with Crippen LogP contribution < -0.4 is 10.1 Å². The third-order valence-electron chi connectivity index (χ3n) is 6.25. The van der Waals surface area contributed by atoms with Crippen LogP contribution in [0.4, 0.5) is 4.79 Å². The summed E-state index contributed by atoms with van der Waals surface area (Å²) < 4.78 is 10.7. The second kappa shape index (κ2) is 10.5. The number of unbranched alkanes of at least 4 members (excludes halogenated alkanes) is 1. The number of hydrogen-bond donors (Lipinski definition) is 2. The molecule has 0 spiro atoms. The molecule has 7 heteroatoms. The van der Waals surface area contributed by atoms with Gasteiger partial charge in [-0.3, -0.25) is 4.79 Å². The smallest absolute Gasteiger partial charge is 0.410 e. The predicted molar refractivity (Wildman–Crippen MR) is 113 cm³/mol. The van der Waals surface area contributed by atoms with Gasteiger partial charge < -0.3 is 24.8 Å². The van der Waals surface area contributed by atoms with Crippen molar-refractivity contribution in [3.8, 4) is 11.5 Å². The van der Waals surface area contributed by atoms with Gasteiger partial charge in [0.1, 0.15) is 6.10 Å². The Hall–Kier alpha value is -2.44. The number of ether oxygens (including phenoxy) is 2. The van der Waals surface area contributed by atoms with Crippen molar-refractivity contribution in [1.82, 2.24) is 10.2 Å². The van der Waals surface area contributed by atoms with Crippen LogP contribution in [0, 0.1) is 11.8 Å². The van der Waals surface area contributed by atoms with Gasteiger partial charge in [0.2, 0.25) is 5.91 Å². The van der Waals surface area contributed by atoms with E-state index < -0.39 is 0 Å². The molecule has 2 N–H and O–H groups in total. The molecule has 2 aliphatic rings. The van der Waals surface area contributed by atoms with Gasteiger partial charge in [-0.2, -0.15) is 0 Å². The molecule has 0 aromatic heterocycles. The number of carbonyl (C=O) groups is 2. The summed E-state index contributed by atoms with van der Waals surface area (Å²) in [7, 11) is 1.48. The number of nitrogens with zero attached hydrogens (tertiary/aromatic N) is 1. The number of likely N-dealkylation sites (tertiary alicyclic amines) is 1. The molecule has 1 saturated carbocycles. The molecule has 166 valence electrons. The van der Waals surface area contributed by atoms with Gasteiger partial charge in [0.25, 0.3) is 0 Å². The molecular formula is C23H34N2O5. The van der Waals surface area contributed by atoms with Crippen LogP contribution in [0.2, 0.25) is 0 Å². The van der Waals surface area contributed by atoms with Crippen LogP contribution >= 0.6 is 0 Å². The fraction of sp³-hybridized carbons (Fsp3) is 0.652. The topological polar surface area (TPSA) is 88.1 Å². The molecule has 1 aliphatic heterocycles. The summed E-state index contributed by atoms with van der Waals surface area (Å²) in [4.78, 5) is 26.3. The summed E-state index contributed by atoms with van der Waals surface area (Å²) in [6.07, 6.45) is 7.73. The van der Waals surface area contributed by atoms with Gasteiger partial charge in [-0.25, -0.2) is 4.79 Å². The quantitative estimate of drug-likeness (QED) is 0.670. The number of carbonyl (C=O) groups excluding carboxylic acids is 2. The second-order valence-corrected chi connectivity index (χ2v) is 8.49. The number of aromatic hydroxyl groups is 1. The summed E-state index contributed by atoms with van der Waals surface area (Å²) in [5, 5.41) is 12.5. The lowest BCUT2D eigenvalue weighted by atomic mass is 9.84. The van der Waals surface area contributed by atoms with Crippen LogP contribution in [0.15, 0.2) is 18.2 Å². The molecule has 0 atom stereocenters. The first-order chi connectivity index (χ1) is 14.5. The highest BCUT2D eigenvalue weighted by Crippen LogP contribution is 2.31. The lowest BCUT2D eigenvalue weighted by Crippen LogP contribution is -2.56. The van der Waals surface area contributed by atoms with Crippen molar-refractivity contribution in [3.63, 3.8) is 0 Å². The molecule has 1 aliphatic carbocycles. The van der Waals surface area contributed by atoms with E-state index in [4.69, 9.17) is 9.47 Å². The fourth-order valence-corrected chi connectivity index (χ4v) is 4.21. The van der Waals surface area contributed by atoms with Crippen LogP contribution in [0.25, 0.3) is 0 Å². The summed E-state index contributed by atoms with van der Waals surface area (Å²) >= 11 is 0. The van der Waals surface area contributed by atoms with Crippen molar-refractivity contribution in [2.45, 2.75) is 64.5 Å². The molecule has 1 heterocycles. The van der Waals surface area contributed by atoms with Crippen LogP contribution in [0.1, 0.15) is 57.4 Å². The summed E-state index contributed by atoms with van der Waals surface area (Å²) in [6.45, 7) is 3.36. The number of phenolic OH excluding ortho intramolecular Hbond substituents is 1. The van der Waals surface area contributed by atoms with Crippen molar-refractivity contribution in [1.29, 1.82) is 0 Å². The van der Waals surface area contributed by atoms with E-state index >= 15 is 0 Å². The minimum absolute atomic E-state index is 0.0210. The normalized spacial score (nSPS) is 21.6. The maximum atomic E-state index is 12.3. The zero-order chi connectivity index (χ0) is 21.5. The molecule has 3 rings (SSSR count). The lowest BCUT2D eigenvalue weighted by molar-refractivity contribution is -0.129. The van der Waals surface area contributed by atoms with E-state index in [-0.39, 0.29) is 29.8 Å². The summed E-state index contributed by atoms with van der Waals surface area (Å²) in [5.41, 5.74) is 0.836. The van der Waals surface area contributed by atoms with Gasteiger partial charge in [-0.05, 0) is 49.3 Å². The van der Waals surface area contributed by atoms with E-state index in [1.165, 1.54) is 26.4 Å². The van der Waals surface area contributed by atoms with E-state index in [9.17, 15) is 14.7 Å². The molecule has 30 heavy (non-hydrogen) atoms. The largest absolute Gasteiger partial charge is 0.504 e. The third kappa shape index (κ3) is 5.80. The first-order valence-corrected chi connectivity index (χ1v) is 11.1. The average molecular weight is 419 g/mol. The first-order valence-electron chi connectivity index (χ1n) is 11.1. The number of nitrogens with one attached hydrogen (secondary N) is 1. The Labute approximate surface area is 178 Å². The van der Waals surface area contributed by atoms with Gasteiger partial charge in [-0.15, -0.1) is 0 Å². The Bertz CT molecular complexity index is 724. The maximum absolute atomic E-state index is 12.3. The molecule has 0 bridgehead atoms. The Morgan fingerprint density at radius 3 is 2.60 bits per heavy atom. The van der Waals surface area contributed by atoms with E-state index in [1.807, 2.05) is 0 Å². The number of rotatable bonds is 8. The molecule has 2 fully saturated rings. The monoisotopic (exact) mass is 418 g/mol. The van der Waals surface area contributed by atoms with Crippen molar-refractivity contribution < 1.29 is 24.2 Å². The molecular weight excluding hydrogens is 384 g/mol. The standard InChI is InChI=1S/C23H34N2O5/c1-3-4-5-16-6-9-19(10-7-16)30-23(28)25-14-18(15-25)22(27)24-13-17-8-11-20(26)21(12-17)29-2/h8,11-12,16,18-19,26H,3-7,9-10,13-15H2,1-2H3,(H,24,27). The van der Waals surface area contributed by atoms with Crippen LogP contribution in [-0.2, 0) is 16.1 Å². The maximum Gasteiger partial charge on any atom is 0.410 e. The molecule has 2 amide bonds. The molecule has 0 radical (unpaired) electrons. The number of amides is 2. The Balaban J connectivity index is 1.34. The zero-order valence-electron chi connectivity index (χ0n) is 18.1. The molecule has 1 aromatic carbocycles. The fourth-order valence-electron chi connectivity index (χ4n) is 4.21. The predicted octanol–water partition coefficient (Wildman–Crippen LogP) is 3.83. The summed E-state index contributed by atoms with van der Waals surface area (Å²) in [5.74, 6) is 0.934. The van der Waals surface area contributed by atoms with Gasteiger partial charge in [-0.1, -0.05) is 32.3 Å². The van der Waals surface area contributed by atoms with Crippen LogP contribution in [0.5, 0.6) is 11.5 Å². The van der Waals surface area contributed by atoms with Crippen LogP contribution in [-0.4, -0.2) is 48.3 Å². The SMILES string of the molecule is CCCCC1CCC(OC(=O)N2CC(C(=O)NCc3ccc(O)c(OC)c3)C2)CC1. The van der Waals surface area contributed by atoms with Gasteiger partial charge in [0.05, 0.1) is 13.0 Å². The van der Waals surface area contributed by atoms with E-state index in [1.54, 1.807) is 23.1 Å². The molecule has 7 nitrogen and oxygen atoms in total. The highest BCUT2D eigenvalue weighted by Gasteiger charge is 2.37. The van der Waals surface area contributed by atoms with Gasteiger partial charge in [0.15, 0.2) is 11.5 Å². The highest BCUT2D eigenvalue weighted by atomic mass is 16.6. The van der Waals surface area contributed by atoms with Crippen molar-refractivity contribution >= 4 is 12.0 Å². The second-order valence-electron chi connectivity index (χ2n) is 8.49. The summed E-state index contributed by atoms with van der Waals surface area (Å²) in [6, 6.07) is 4.97. The average Bonchev–Trinajstić information content (AvgIpc) is 2.71. The Morgan fingerprint density at radius 1 is 1.20 bits per heavy atom. The Morgan fingerprint density at radius 2 is 1.93 bits per heavy atom. The van der Waals surface area contributed by atoms with Crippen molar-refractivity contribution in [2.75, 3.05) is 20.2 Å². The number of methoxy groups -OCH3 is 1. The minimum Gasteiger partial charge on any atom is -0.504 e. The number of phenols is 1. The van der Waals surface area contributed by atoms with Gasteiger partial charge >= 0.3 is 6.09 Å². The number of hydrogen-bond acceptors (Lipinski definition) is 5. The van der Waals surface area contributed by atoms with Crippen molar-refractivity contribution in [2.24, 2.45) is 11.8 Å². The van der Waals surface area contributed by atoms with E-state index in [0.29, 0.717) is 25.4 Å². The molecule has 1 aromatic rings. The van der Waals surface area contributed by atoms with Crippen LogP contribution in [0.3, 0.4) is 0 Å². The molecule has 1 saturated heterocycles. The zero-order valence-corrected chi connectivity index (χ0v) is 18.1. The number of benzene rings is 1. The lowest BCUT2D eigenvalue weighted by Gasteiger charge is -2.38. The van der Waals surface area contributed by atoms with Gasteiger partial charge in [0, 0.05) is 19.6 Å². The highest BCUT2D eigenvalue weighted by molar-refractivity contribution is 5.82. The minimum atomic E-state index is -0.292. The van der Waals surface area contributed by atoms with Crippen molar-refractivity contribution in [3.05, 3.63) is 23.8 Å². The Kier molecular flexibility index (Phi) is 7.82. The van der Waals surface area contributed by atoms with E-state index in [2.05, 4.69) is 12.2 Å². The molecule has 0 unspecified atom stereocenters. The first kappa shape index (κ1) is 22.2. The third-order valence-corrected chi connectivity index (χ3v) is 6.25.